The van der Waals surface area contributed by atoms with Gasteiger partial charge < -0.3 is 10.1 Å². The smallest absolute Gasteiger partial charge is 0.130 e. The zero-order valence-corrected chi connectivity index (χ0v) is 14.3. The van der Waals surface area contributed by atoms with E-state index in [9.17, 15) is 4.39 Å². The van der Waals surface area contributed by atoms with Crippen LogP contribution in [0.1, 0.15) is 37.8 Å². The van der Waals surface area contributed by atoms with Gasteiger partial charge in [0, 0.05) is 24.4 Å². The first-order chi connectivity index (χ1) is 11.5. The van der Waals surface area contributed by atoms with Crippen molar-refractivity contribution in [2.75, 3.05) is 12.4 Å². The Hall–Kier alpha value is -2.29. The number of hydrogen-bond donors (Lipinski definition) is 1. The molecule has 0 atom stereocenters. The molecule has 0 spiro atoms. The molecule has 24 heavy (non-hydrogen) atoms. The largest absolute Gasteiger partial charge is 0.483 e. The van der Waals surface area contributed by atoms with Gasteiger partial charge in [-0.1, -0.05) is 12.1 Å². The van der Waals surface area contributed by atoms with Gasteiger partial charge in [-0.25, -0.2) is 4.39 Å². The first kappa shape index (κ1) is 15.3. The fourth-order valence-corrected chi connectivity index (χ4v) is 3.74. The third kappa shape index (κ3) is 2.48. The monoisotopic (exact) mass is 323 g/mol. The third-order valence-electron chi connectivity index (χ3n) is 4.94. The highest BCUT2D eigenvalue weighted by atomic mass is 19.1. The maximum atomic E-state index is 13.4. The van der Waals surface area contributed by atoms with Crippen molar-refractivity contribution >= 4 is 11.3 Å². The lowest BCUT2D eigenvalue weighted by atomic mass is 9.80. The first-order valence-corrected chi connectivity index (χ1v) is 8.51. The van der Waals surface area contributed by atoms with Crippen molar-refractivity contribution in [3.63, 3.8) is 0 Å². The van der Waals surface area contributed by atoms with Gasteiger partial charge in [0.05, 0.1) is 0 Å². The van der Waals surface area contributed by atoms with Gasteiger partial charge in [-0.2, -0.15) is 0 Å². The minimum Gasteiger partial charge on any atom is -0.483 e. The molecule has 0 bridgehead atoms. The Kier molecular flexibility index (Phi) is 3.41. The molecule has 0 unspecified atom stereocenters. The summed E-state index contributed by atoms with van der Waals surface area (Å²) >= 11 is 0. The minimum absolute atomic E-state index is 0.204. The molecule has 1 N–H and O–H groups in total. The number of nitrogens with one attached hydrogen (secondary N) is 1. The Morgan fingerprint density at radius 2 is 1.79 bits per heavy atom. The van der Waals surface area contributed by atoms with Gasteiger partial charge in [-0.05, 0) is 73.6 Å². The van der Waals surface area contributed by atoms with Gasteiger partial charge in [-0.15, -0.1) is 0 Å². The van der Waals surface area contributed by atoms with Crippen LogP contribution >= 0.6 is 0 Å². The highest BCUT2D eigenvalue weighted by Crippen LogP contribution is 2.52. The molecule has 2 nitrogen and oxygen atoms in total. The molecular formula is C21H22FNO. The van der Waals surface area contributed by atoms with Crippen LogP contribution in [0.25, 0.3) is 5.57 Å². The lowest BCUT2D eigenvalue weighted by molar-refractivity contribution is 0.138. The second-order valence-corrected chi connectivity index (χ2v) is 7.14. The van der Waals surface area contributed by atoms with Crippen LogP contribution in [-0.2, 0) is 0 Å². The van der Waals surface area contributed by atoms with E-state index in [-0.39, 0.29) is 11.4 Å². The summed E-state index contributed by atoms with van der Waals surface area (Å²) in [7, 11) is 1.90. The van der Waals surface area contributed by atoms with E-state index in [1.165, 1.54) is 36.1 Å². The average molecular weight is 323 g/mol. The number of anilines is 1. The molecule has 1 aliphatic heterocycles. The highest BCUT2D eigenvalue weighted by Gasteiger charge is 2.43. The summed E-state index contributed by atoms with van der Waals surface area (Å²) in [6, 6.07) is 13.1. The first-order valence-electron chi connectivity index (χ1n) is 8.51. The number of fused-ring (bicyclic) bond motifs is 1. The van der Waals surface area contributed by atoms with Crippen LogP contribution < -0.4 is 10.1 Å². The summed E-state index contributed by atoms with van der Waals surface area (Å²) in [4.78, 5) is 0. The minimum atomic E-state index is -0.357. The standard InChI is InChI=1S/C21H22FNO/c1-21(2)20(14-4-5-14)19(13-6-8-15(22)9-7-13)17-11-10-16(23-3)12-18(17)24-21/h6-12,14,23H,4-5H2,1-3H3. The molecule has 1 saturated carbocycles. The van der Waals surface area contributed by atoms with Crippen molar-refractivity contribution in [2.45, 2.75) is 32.3 Å². The van der Waals surface area contributed by atoms with E-state index >= 15 is 0 Å². The van der Waals surface area contributed by atoms with Gasteiger partial charge in [0.15, 0.2) is 0 Å². The molecule has 0 saturated heterocycles. The summed E-state index contributed by atoms with van der Waals surface area (Å²) in [5.41, 5.74) is 5.39. The Labute approximate surface area is 142 Å². The van der Waals surface area contributed by atoms with Crippen LogP contribution in [0.3, 0.4) is 0 Å². The second-order valence-electron chi connectivity index (χ2n) is 7.14. The lowest BCUT2D eigenvalue weighted by Gasteiger charge is -2.38. The normalized spacial score (nSPS) is 18.8. The summed E-state index contributed by atoms with van der Waals surface area (Å²) in [5, 5.41) is 3.17. The summed E-state index contributed by atoms with van der Waals surface area (Å²) < 4.78 is 19.8. The fraction of sp³-hybridized carbons (Fsp3) is 0.333. The Morgan fingerprint density at radius 3 is 2.42 bits per heavy atom. The van der Waals surface area contributed by atoms with Crippen LogP contribution in [0.2, 0.25) is 0 Å². The van der Waals surface area contributed by atoms with Crippen molar-refractivity contribution < 1.29 is 9.13 Å². The number of rotatable bonds is 3. The molecule has 3 heteroatoms. The summed E-state index contributed by atoms with van der Waals surface area (Å²) in [5.74, 6) is 1.25. The number of halogens is 1. The van der Waals surface area contributed by atoms with Gasteiger partial charge in [0.1, 0.15) is 17.2 Å². The van der Waals surface area contributed by atoms with Crippen molar-refractivity contribution in [2.24, 2.45) is 5.92 Å². The topological polar surface area (TPSA) is 21.3 Å². The maximum Gasteiger partial charge on any atom is 0.130 e. The van der Waals surface area contributed by atoms with Crippen molar-refractivity contribution in [3.8, 4) is 5.75 Å². The SMILES string of the molecule is CNc1ccc2c(c1)OC(C)(C)C(C1CC1)=C2c1ccc(F)cc1. The Bertz CT molecular complexity index is 816. The molecule has 0 amide bonds. The highest BCUT2D eigenvalue weighted by molar-refractivity contribution is 5.88. The zero-order valence-electron chi connectivity index (χ0n) is 14.3. The maximum absolute atomic E-state index is 13.4. The molecule has 2 aromatic rings. The van der Waals surface area contributed by atoms with E-state index in [0.717, 1.165) is 22.6 Å². The van der Waals surface area contributed by atoms with E-state index in [4.69, 9.17) is 4.74 Å². The summed E-state index contributed by atoms with van der Waals surface area (Å²) in [6.07, 6.45) is 2.41. The quantitative estimate of drug-likeness (QED) is 0.833. The van der Waals surface area contributed by atoms with Gasteiger partial charge >= 0.3 is 0 Å². The van der Waals surface area contributed by atoms with E-state index in [1.54, 1.807) is 0 Å². The summed E-state index contributed by atoms with van der Waals surface area (Å²) in [6.45, 7) is 4.28. The molecule has 4 rings (SSSR count). The molecule has 124 valence electrons. The van der Waals surface area contributed by atoms with Crippen molar-refractivity contribution in [1.82, 2.24) is 0 Å². The average Bonchev–Trinajstić information content (AvgIpc) is 3.37. The Balaban J connectivity index is 1.97. The molecule has 2 aliphatic rings. The molecule has 2 aromatic carbocycles. The predicted molar refractivity (Wildman–Crippen MR) is 95.8 cm³/mol. The molecule has 1 aliphatic carbocycles. The van der Waals surface area contributed by atoms with E-state index < -0.39 is 0 Å². The third-order valence-corrected chi connectivity index (χ3v) is 4.94. The van der Waals surface area contributed by atoms with Crippen LogP contribution in [0.5, 0.6) is 5.75 Å². The molecular weight excluding hydrogens is 301 g/mol. The van der Waals surface area contributed by atoms with Crippen LogP contribution in [0.4, 0.5) is 10.1 Å². The van der Waals surface area contributed by atoms with Crippen molar-refractivity contribution in [3.05, 3.63) is 65.0 Å². The van der Waals surface area contributed by atoms with E-state index in [1.807, 2.05) is 25.2 Å². The molecule has 0 radical (unpaired) electrons. The number of hydrogen-bond acceptors (Lipinski definition) is 2. The lowest BCUT2D eigenvalue weighted by Crippen LogP contribution is -2.36. The van der Waals surface area contributed by atoms with E-state index in [2.05, 4.69) is 31.3 Å². The Morgan fingerprint density at radius 1 is 1.08 bits per heavy atom. The molecule has 1 fully saturated rings. The molecule has 0 aromatic heterocycles. The zero-order chi connectivity index (χ0) is 16.9. The fourth-order valence-electron chi connectivity index (χ4n) is 3.74. The number of ether oxygens (including phenoxy) is 1. The number of benzene rings is 2. The second kappa shape index (κ2) is 5.37. The van der Waals surface area contributed by atoms with Gasteiger partial charge in [0.2, 0.25) is 0 Å². The van der Waals surface area contributed by atoms with Crippen molar-refractivity contribution in [1.29, 1.82) is 0 Å². The van der Waals surface area contributed by atoms with Gasteiger partial charge in [0.25, 0.3) is 0 Å². The van der Waals surface area contributed by atoms with Crippen LogP contribution in [-0.4, -0.2) is 12.6 Å². The van der Waals surface area contributed by atoms with Crippen LogP contribution in [0.15, 0.2) is 48.0 Å². The van der Waals surface area contributed by atoms with Crippen LogP contribution in [0, 0.1) is 11.7 Å². The van der Waals surface area contributed by atoms with E-state index in [0.29, 0.717) is 5.92 Å². The van der Waals surface area contributed by atoms with Gasteiger partial charge in [-0.3, -0.25) is 0 Å². The predicted octanol–water partition coefficient (Wildman–Crippen LogP) is 5.25. The molecule has 1 heterocycles.